The molecule has 2 amide bonds. The van der Waals surface area contributed by atoms with Gasteiger partial charge in [0.15, 0.2) is 0 Å². The van der Waals surface area contributed by atoms with Gasteiger partial charge in [-0.2, -0.15) is 4.98 Å². The highest BCUT2D eigenvalue weighted by Crippen LogP contribution is 2.27. The molecule has 1 aliphatic heterocycles. The number of hydrogen-bond acceptors (Lipinski definition) is 5. The molecule has 0 aromatic carbocycles. The van der Waals surface area contributed by atoms with E-state index in [1.807, 2.05) is 23.1 Å². The van der Waals surface area contributed by atoms with Crippen LogP contribution in [0.15, 0.2) is 28.9 Å². The highest BCUT2D eigenvalue weighted by atomic mass is 16.5. The first-order valence-corrected chi connectivity index (χ1v) is 8.60. The third kappa shape index (κ3) is 3.11. The molecule has 24 heavy (non-hydrogen) atoms. The molecular formula is C17H21N5O2. The second-order valence-corrected chi connectivity index (χ2v) is 6.56. The van der Waals surface area contributed by atoms with E-state index in [0.717, 1.165) is 12.8 Å². The van der Waals surface area contributed by atoms with E-state index < -0.39 is 0 Å². The van der Waals surface area contributed by atoms with Crippen LogP contribution in [0.25, 0.3) is 11.5 Å². The summed E-state index contributed by atoms with van der Waals surface area (Å²) in [7, 11) is 0. The Hall–Kier alpha value is -2.44. The molecule has 0 spiro atoms. The maximum Gasteiger partial charge on any atom is 0.317 e. The summed E-state index contributed by atoms with van der Waals surface area (Å²) in [5, 5.41) is 7.12. The molecular weight excluding hydrogens is 306 g/mol. The minimum atomic E-state index is 0.0302. The summed E-state index contributed by atoms with van der Waals surface area (Å²) in [5.74, 6) is 1.19. The molecule has 2 aliphatic rings. The van der Waals surface area contributed by atoms with Crippen molar-refractivity contribution < 1.29 is 9.32 Å². The molecule has 0 atom stereocenters. The summed E-state index contributed by atoms with van der Waals surface area (Å²) in [6, 6.07) is 5.95. The predicted molar refractivity (Wildman–Crippen MR) is 87.2 cm³/mol. The maximum atomic E-state index is 12.2. The Morgan fingerprint density at radius 1 is 1.21 bits per heavy atom. The third-order valence-corrected chi connectivity index (χ3v) is 4.79. The first-order chi connectivity index (χ1) is 11.8. The quantitative estimate of drug-likeness (QED) is 0.936. The largest absolute Gasteiger partial charge is 0.338 e. The second-order valence-electron chi connectivity index (χ2n) is 6.56. The number of amides is 2. The summed E-state index contributed by atoms with van der Waals surface area (Å²) in [4.78, 5) is 22.7. The minimum Gasteiger partial charge on any atom is -0.338 e. The summed E-state index contributed by atoms with van der Waals surface area (Å²) in [6.07, 6.45) is 7.61. The van der Waals surface area contributed by atoms with E-state index in [4.69, 9.17) is 4.52 Å². The van der Waals surface area contributed by atoms with Crippen molar-refractivity contribution in [1.82, 2.24) is 25.3 Å². The number of nitrogens with one attached hydrogen (secondary N) is 1. The first-order valence-electron chi connectivity index (χ1n) is 8.60. The monoisotopic (exact) mass is 327 g/mol. The van der Waals surface area contributed by atoms with E-state index in [1.54, 1.807) is 6.20 Å². The van der Waals surface area contributed by atoms with Gasteiger partial charge in [0.1, 0.15) is 5.69 Å². The van der Waals surface area contributed by atoms with Crippen LogP contribution in [0.5, 0.6) is 0 Å². The number of nitrogens with zero attached hydrogens (tertiary/aromatic N) is 4. The van der Waals surface area contributed by atoms with Crippen LogP contribution >= 0.6 is 0 Å². The van der Waals surface area contributed by atoms with Gasteiger partial charge in [-0.15, -0.1) is 0 Å². The molecule has 1 aliphatic carbocycles. The van der Waals surface area contributed by atoms with Crippen molar-refractivity contribution in [3.05, 3.63) is 30.3 Å². The highest BCUT2D eigenvalue weighted by molar-refractivity contribution is 5.75. The van der Waals surface area contributed by atoms with Crippen LogP contribution in [-0.4, -0.2) is 45.2 Å². The van der Waals surface area contributed by atoms with Gasteiger partial charge in [-0.05, 0) is 25.0 Å². The molecule has 0 bridgehead atoms. The zero-order chi connectivity index (χ0) is 16.4. The van der Waals surface area contributed by atoms with Crippen molar-refractivity contribution in [3.63, 3.8) is 0 Å². The molecule has 1 N–H and O–H groups in total. The van der Waals surface area contributed by atoms with Crippen molar-refractivity contribution in [3.8, 4) is 11.5 Å². The van der Waals surface area contributed by atoms with E-state index in [0.29, 0.717) is 36.5 Å². The molecule has 1 saturated heterocycles. The Labute approximate surface area is 140 Å². The number of aromatic nitrogens is 3. The van der Waals surface area contributed by atoms with Gasteiger partial charge in [-0.3, -0.25) is 4.98 Å². The molecule has 4 rings (SSSR count). The van der Waals surface area contributed by atoms with Gasteiger partial charge in [-0.25, -0.2) is 4.79 Å². The fourth-order valence-electron chi connectivity index (χ4n) is 3.31. The zero-order valence-corrected chi connectivity index (χ0v) is 13.5. The van der Waals surface area contributed by atoms with Crippen LogP contribution in [0.3, 0.4) is 0 Å². The molecule has 126 valence electrons. The van der Waals surface area contributed by atoms with Crippen LogP contribution in [0, 0.1) is 0 Å². The van der Waals surface area contributed by atoms with Crippen LogP contribution in [0.2, 0.25) is 0 Å². The van der Waals surface area contributed by atoms with E-state index in [1.165, 1.54) is 19.3 Å². The fraction of sp³-hybridized carbons (Fsp3) is 0.529. The molecule has 3 heterocycles. The van der Waals surface area contributed by atoms with Gasteiger partial charge in [-0.1, -0.05) is 30.5 Å². The number of rotatable bonds is 3. The van der Waals surface area contributed by atoms with Gasteiger partial charge >= 0.3 is 6.03 Å². The predicted octanol–water partition coefficient (Wildman–Crippen LogP) is 2.57. The Bertz CT molecular complexity index is 690. The smallest absolute Gasteiger partial charge is 0.317 e. The van der Waals surface area contributed by atoms with Gasteiger partial charge < -0.3 is 14.7 Å². The van der Waals surface area contributed by atoms with Crippen molar-refractivity contribution in [1.29, 1.82) is 0 Å². The third-order valence-electron chi connectivity index (χ3n) is 4.79. The standard InChI is InChI=1S/C17H21N5O2/c23-17(19-13-6-2-1-3-7-13)22-10-12(11-22)16-20-15(21-24-16)14-8-4-5-9-18-14/h4-5,8-9,12-13H,1-3,6-7,10-11H2,(H,19,23). The lowest BCUT2D eigenvalue weighted by Gasteiger charge is -2.38. The van der Waals surface area contributed by atoms with Crippen LogP contribution in [-0.2, 0) is 0 Å². The van der Waals surface area contributed by atoms with E-state index in [9.17, 15) is 4.79 Å². The molecule has 2 fully saturated rings. The number of hydrogen-bond donors (Lipinski definition) is 1. The van der Waals surface area contributed by atoms with Crippen molar-refractivity contribution in [2.45, 2.75) is 44.1 Å². The lowest BCUT2D eigenvalue weighted by Crippen LogP contribution is -2.54. The molecule has 1 saturated carbocycles. The second kappa shape index (κ2) is 6.59. The van der Waals surface area contributed by atoms with Crippen LogP contribution < -0.4 is 5.32 Å². The van der Waals surface area contributed by atoms with E-state index in [-0.39, 0.29) is 11.9 Å². The molecule has 7 heteroatoms. The fourth-order valence-corrected chi connectivity index (χ4v) is 3.31. The number of carbonyl (C=O) groups excluding carboxylic acids is 1. The van der Waals surface area contributed by atoms with Gasteiger partial charge in [0.2, 0.25) is 11.7 Å². The van der Waals surface area contributed by atoms with Crippen LogP contribution in [0.4, 0.5) is 4.79 Å². The SMILES string of the molecule is O=C(NC1CCCCC1)N1CC(c2nc(-c3ccccn3)no2)C1. The van der Waals surface area contributed by atoms with Crippen molar-refractivity contribution in [2.75, 3.05) is 13.1 Å². The van der Waals surface area contributed by atoms with Gasteiger partial charge in [0.05, 0.1) is 5.92 Å². The zero-order valence-electron chi connectivity index (χ0n) is 13.5. The maximum absolute atomic E-state index is 12.2. The number of carbonyl (C=O) groups is 1. The summed E-state index contributed by atoms with van der Waals surface area (Å²) < 4.78 is 5.34. The summed E-state index contributed by atoms with van der Waals surface area (Å²) >= 11 is 0. The molecule has 2 aromatic rings. The summed E-state index contributed by atoms with van der Waals surface area (Å²) in [5.41, 5.74) is 0.693. The Kier molecular flexibility index (Phi) is 4.15. The number of pyridine rings is 1. The van der Waals surface area contributed by atoms with E-state index >= 15 is 0 Å². The van der Waals surface area contributed by atoms with Crippen molar-refractivity contribution >= 4 is 6.03 Å². The molecule has 0 unspecified atom stereocenters. The Balaban J connectivity index is 1.31. The van der Waals surface area contributed by atoms with E-state index in [2.05, 4.69) is 20.4 Å². The summed E-state index contributed by atoms with van der Waals surface area (Å²) in [6.45, 7) is 1.25. The lowest BCUT2D eigenvalue weighted by atomic mass is 9.95. The average Bonchev–Trinajstić information content (AvgIpc) is 3.05. The minimum absolute atomic E-state index is 0.0302. The average molecular weight is 327 g/mol. The Morgan fingerprint density at radius 3 is 2.79 bits per heavy atom. The molecule has 7 nitrogen and oxygen atoms in total. The van der Waals surface area contributed by atoms with Crippen LogP contribution in [0.1, 0.15) is 43.9 Å². The lowest BCUT2D eigenvalue weighted by molar-refractivity contribution is 0.132. The highest BCUT2D eigenvalue weighted by Gasteiger charge is 2.36. The van der Waals surface area contributed by atoms with Gasteiger partial charge in [0.25, 0.3) is 0 Å². The first kappa shape index (κ1) is 15.1. The molecule has 0 radical (unpaired) electrons. The normalized spacial score (nSPS) is 19.1. The number of likely N-dealkylation sites (tertiary alicyclic amines) is 1. The topological polar surface area (TPSA) is 84.2 Å². The van der Waals surface area contributed by atoms with Gasteiger partial charge in [0, 0.05) is 25.3 Å². The van der Waals surface area contributed by atoms with Crippen molar-refractivity contribution in [2.24, 2.45) is 0 Å². The molecule has 2 aromatic heterocycles. The Morgan fingerprint density at radius 2 is 2.04 bits per heavy atom. The number of urea groups is 1.